The van der Waals surface area contributed by atoms with Crippen molar-refractivity contribution in [1.82, 2.24) is 10.3 Å². The number of nitrogens with zero attached hydrogens (tertiary/aromatic N) is 1. The van der Waals surface area contributed by atoms with Crippen molar-refractivity contribution < 1.29 is 33.3 Å². The Labute approximate surface area is 206 Å². The molecule has 35 heavy (non-hydrogen) atoms. The maximum Gasteiger partial charge on any atom is 0.328 e. The smallest absolute Gasteiger partial charge is 0.328 e. The summed E-state index contributed by atoms with van der Waals surface area (Å²) >= 11 is 0. The molecule has 1 heterocycles. The molecule has 0 radical (unpaired) electrons. The first-order valence-electron chi connectivity index (χ1n) is 11.6. The number of hydrogen-bond acceptors (Lipinski definition) is 8. The predicted molar refractivity (Wildman–Crippen MR) is 129 cm³/mol. The largest absolute Gasteiger partial charge is 0.493 e. The summed E-state index contributed by atoms with van der Waals surface area (Å²) in [5, 5.41) is 2.58. The number of amides is 1. The second kappa shape index (κ2) is 13.9. The zero-order chi connectivity index (χ0) is 25.8. The van der Waals surface area contributed by atoms with Crippen LogP contribution in [0.15, 0.2) is 42.6 Å². The summed E-state index contributed by atoms with van der Waals surface area (Å²) in [5.74, 6) is -1.17. The molecular formula is C26H34N2O7. The third-order valence-electron chi connectivity index (χ3n) is 5.40. The minimum Gasteiger partial charge on any atom is -0.493 e. The van der Waals surface area contributed by atoms with Crippen molar-refractivity contribution in [1.29, 1.82) is 0 Å². The zero-order valence-electron chi connectivity index (χ0n) is 20.9. The lowest BCUT2D eigenvalue weighted by Gasteiger charge is -2.22. The number of hydrogen-bond donors (Lipinski definition) is 1. The molecule has 2 rings (SSSR count). The Morgan fingerprint density at radius 1 is 1.09 bits per heavy atom. The van der Waals surface area contributed by atoms with E-state index in [1.165, 1.54) is 38.8 Å². The number of carbonyl (C=O) groups excluding carboxylic acids is 3. The molecule has 1 aromatic heterocycles. The maximum atomic E-state index is 12.8. The van der Waals surface area contributed by atoms with Gasteiger partial charge in [-0.3, -0.25) is 9.59 Å². The number of aromatic nitrogens is 1. The molecule has 0 aliphatic carbocycles. The van der Waals surface area contributed by atoms with Crippen LogP contribution in [0.4, 0.5) is 0 Å². The van der Waals surface area contributed by atoms with Crippen molar-refractivity contribution >= 4 is 17.8 Å². The van der Waals surface area contributed by atoms with Gasteiger partial charge in [-0.15, -0.1) is 0 Å². The standard InChI is InChI=1S/C26H34N2O7/c1-6-20(15-21-10-8-7-9-11-21)14-17(2)35-26(31)18(3)28-25(30)23-24(34-16-33-19(4)29)22(32-5)12-13-27-23/h7-13,17-18,20H,6,14-16H2,1-5H3,(H,28,30)/t17-,18-,20-/m0/s1. The molecule has 0 aliphatic rings. The van der Waals surface area contributed by atoms with Crippen LogP contribution in [0.3, 0.4) is 0 Å². The van der Waals surface area contributed by atoms with E-state index in [9.17, 15) is 14.4 Å². The highest BCUT2D eigenvalue weighted by Gasteiger charge is 2.25. The van der Waals surface area contributed by atoms with E-state index < -0.39 is 30.7 Å². The van der Waals surface area contributed by atoms with Crippen molar-refractivity contribution in [2.75, 3.05) is 13.9 Å². The normalized spacial score (nSPS) is 13.2. The summed E-state index contributed by atoms with van der Waals surface area (Å²) in [6.45, 7) is 6.32. The summed E-state index contributed by atoms with van der Waals surface area (Å²) < 4.78 is 21.0. The molecule has 1 N–H and O–H groups in total. The van der Waals surface area contributed by atoms with Crippen molar-refractivity contribution in [3.05, 3.63) is 53.9 Å². The van der Waals surface area contributed by atoms with Gasteiger partial charge >= 0.3 is 11.9 Å². The van der Waals surface area contributed by atoms with Crippen LogP contribution in [-0.2, 0) is 25.5 Å². The minimum absolute atomic E-state index is 0.00520. The van der Waals surface area contributed by atoms with Crippen molar-refractivity contribution in [3.63, 3.8) is 0 Å². The topological polar surface area (TPSA) is 113 Å². The van der Waals surface area contributed by atoms with E-state index in [0.29, 0.717) is 12.3 Å². The van der Waals surface area contributed by atoms with Crippen LogP contribution in [0.5, 0.6) is 11.5 Å². The Kier molecular flexibility index (Phi) is 11.0. The average molecular weight is 487 g/mol. The molecule has 9 nitrogen and oxygen atoms in total. The molecule has 0 fully saturated rings. The van der Waals surface area contributed by atoms with Gasteiger partial charge in [0.05, 0.1) is 13.2 Å². The fourth-order valence-electron chi connectivity index (χ4n) is 3.55. The van der Waals surface area contributed by atoms with E-state index in [1.807, 2.05) is 25.1 Å². The highest BCUT2D eigenvalue weighted by molar-refractivity contribution is 5.98. The Balaban J connectivity index is 1.96. The van der Waals surface area contributed by atoms with Gasteiger partial charge in [0, 0.05) is 19.2 Å². The molecule has 0 bridgehead atoms. The molecule has 1 amide bonds. The number of ether oxygens (including phenoxy) is 4. The number of esters is 2. The van der Waals surface area contributed by atoms with Gasteiger partial charge in [0.25, 0.3) is 5.91 Å². The Bertz CT molecular complexity index is 981. The molecule has 9 heteroatoms. The molecule has 0 saturated heterocycles. The van der Waals surface area contributed by atoms with E-state index in [4.69, 9.17) is 18.9 Å². The summed E-state index contributed by atoms with van der Waals surface area (Å²) in [7, 11) is 1.40. The Morgan fingerprint density at radius 3 is 2.43 bits per heavy atom. The van der Waals surface area contributed by atoms with E-state index in [-0.39, 0.29) is 23.3 Å². The fraction of sp³-hybridized carbons (Fsp3) is 0.462. The van der Waals surface area contributed by atoms with Gasteiger partial charge in [-0.05, 0) is 38.2 Å². The van der Waals surface area contributed by atoms with Gasteiger partial charge in [0.15, 0.2) is 17.2 Å². The lowest BCUT2D eigenvalue weighted by atomic mass is 9.92. The number of pyridine rings is 1. The first-order chi connectivity index (χ1) is 16.7. The third kappa shape index (κ3) is 8.92. The second-order valence-corrected chi connectivity index (χ2v) is 8.23. The number of benzene rings is 1. The third-order valence-corrected chi connectivity index (χ3v) is 5.40. The predicted octanol–water partition coefficient (Wildman–Crippen LogP) is 3.70. The summed E-state index contributed by atoms with van der Waals surface area (Å²) in [6, 6.07) is 10.8. The molecule has 0 aliphatic heterocycles. The maximum absolute atomic E-state index is 12.8. The van der Waals surface area contributed by atoms with Gasteiger partial charge in [-0.2, -0.15) is 0 Å². The number of carbonyl (C=O) groups is 3. The van der Waals surface area contributed by atoms with Gasteiger partial charge in [-0.1, -0.05) is 43.7 Å². The molecule has 0 saturated carbocycles. The number of rotatable bonds is 13. The summed E-state index contributed by atoms with van der Waals surface area (Å²) in [5.41, 5.74) is 1.13. The lowest BCUT2D eigenvalue weighted by Crippen LogP contribution is -2.41. The van der Waals surface area contributed by atoms with Crippen LogP contribution < -0.4 is 14.8 Å². The van der Waals surface area contributed by atoms with E-state index in [1.54, 1.807) is 0 Å². The average Bonchev–Trinajstić information content (AvgIpc) is 2.83. The van der Waals surface area contributed by atoms with E-state index in [0.717, 1.165) is 12.8 Å². The van der Waals surface area contributed by atoms with Gasteiger partial charge < -0.3 is 24.3 Å². The van der Waals surface area contributed by atoms with Gasteiger partial charge in [0.1, 0.15) is 6.04 Å². The monoisotopic (exact) mass is 486 g/mol. The van der Waals surface area contributed by atoms with Crippen molar-refractivity contribution in [3.8, 4) is 11.5 Å². The first kappa shape index (κ1) is 27.6. The summed E-state index contributed by atoms with van der Waals surface area (Å²) in [4.78, 5) is 40.5. The van der Waals surface area contributed by atoms with E-state index >= 15 is 0 Å². The van der Waals surface area contributed by atoms with Crippen LogP contribution >= 0.6 is 0 Å². The minimum atomic E-state index is -0.923. The van der Waals surface area contributed by atoms with Crippen LogP contribution in [-0.4, -0.2) is 48.9 Å². The van der Waals surface area contributed by atoms with Gasteiger partial charge in [-0.25, -0.2) is 9.78 Å². The highest BCUT2D eigenvalue weighted by Crippen LogP contribution is 2.29. The van der Waals surface area contributed by atoms with Crippen LogP contribution in [0.2, 0.25) is 0 Å². The van der Waals surface area contributed by atoms with Crippen LogP contribution in [0.25, 0.3) is 0 Å². The Hall–Kier alpha value is -3.62. The first-order valence-corrected chi connectivity index (χ1v) is 11.6. The molecule has 0 spiro atoms. The molecule has 0 unspecified atom stereocenters. The van der Waals surface area contributed by atoms with Crippen molar-refractivity contribution in [2.45, 2.75) is 59.1 Å². The molecule has 3 atom stereocenters. The van der Waals surface area contributed by atoms with Crippen LogP contribution in [0, 0.1) is 5.92 Å². The fourth-order valence-corrected chi connectivity index (χ4v) is 3.55. The lowest BCUT2D eigenvalue weighted by molar-refractivity contribution is -0.151. The van der Waals surface area contributed by atoms with Crippen LogP contribution in [0.1, 0.15) is 56.6 Å². The SMILES string of the molecule is CC[C@H](Cc1ccccc1)C[C@H](C)OC(=O)[C@H](C)NC(=O)c1nccc(OC)c1OCOC(C)=O. The van der Waals surface area contributed by atoms with Crippen molar-refractivity contribution in [2.24, 2.45) is 5.92 Å². The Morgan fingerprint density at radius 2 is 1.80 bits per heavy atom. The molecule has 2 aromatic rings. The highest BCUT2D eigenvalue weighted by atomic mass is 16.7. The summed E-state index contributed by atoms with van der Waals surface area (Å²) in [6.07, 6.45) is 3.63. The van der Waals surface area contributed by atoms with E-state index in [2.05, 4.69) is 29.4 Å². The second-order valence-electron chi connectivity index (χ2n) is 8.23. The quantitative estimate of drug-likeness (QED) is 0.337. The van der Waals surface area contributed by atoms with Gasteiger partial charge in [0.2, 0.25) is 6.79 Å². The molecule has 1 aromatic carbocycles. The number of nitrogens with one attached hydrogen (secondary N) is 1. The number of methoxy groups -OCH3 is 1. The molecular weight excluding hydrogens is 452 g/mol. The zero-order valence-corrected chi connectivity index (χ0v) is 20.9. The molecule has 190 valence electrons.